The minimum absolute atomic E-state index is 0.261. The van der Waals surface area contributed by atoms with E-state index in [1.54, 1.807) is 23.7 Å². The van der Waals surface area contributed by atoms with Crippen LogP contribution in [0.1, 0.15) is 18.3 Å². The van der Waals surface area contributed by atoms with Crippen LogP contribution in [0.3, 0.4) is 0 Å². The van der Waals surface area contributed by atoms with Gasteiger partial charge in [-0.2, -0.15) is 5.10 Å². The van der Waals surface area contributed by atoms with Crippen molar-refractivity contribution in [1.82, 2.24) is 30.8 Å². The lowest BCUT2D eigenvalue weighted by atomic mass is 10.1. The Morgan fingerprint density at radius 2 is 2.17 bits per heavy atom. The topological polar surface area (TPSA) is 111 Å². The van der Waals surface area contributed by atoms with E-state index in [2.05, 4.69) is 42.2 Å². The van der Waals surface area contributed by atoms with Gasteiger partial charge in [0.05, 0.1) is 22.1 Å². The zero-order chi connectivity index (χ0) is 19.6. The van der Waals surface area contributed by atoms with E-state index in [0.717, 1.165) is 51.7 Å². The molecule has 1 saturated heterocycles. The molecule has 4 aromatic rings. The van der Waals surface area contributed by atoms with E-state index >= 15 is 0 Å². The van der Waals surface area contributed by atoms with Crippen molar-refractivity contribution in [2.45, 2.75) is 18.7 Å². The van der Waals surface area contributed by atoms with E-state index in [9.17, 15) is 5.11 Å². The number of nitrogens with zero attached hydrogens (tertiary/aromatic N) is 3. The molecule has 9 heteroatoms. The number of aliphatic hydroxyl groups is 1. The van der Waals surface area contributed by atoms with Crippen molar-refractivity contribution in [3.63, 3.8) is 0 Å². The zero-order valence-electron chi connectivity index (χ0n) is 15.6. The summed E-state index contributed by atoms with van der Waals surface area (Å²) in [4.78, 5) is 8.97. The van der Waals surface area contributed by atoms with Crippen LogP contribution in [0.4, 0.5) is 10.8 Å². The number of rotatable bonds is 6. The van der Waals surface area contributed by atoms with Crippen LogP contribution in [0.15, 0.2) is 48.9 Å². The first-order chi connectivity index (χ1) is 14.2. The van der Waals surface area contributed by atoms with Gasteiger partial charge in [0.1, 0.15) is 6.23 Å². The lowest BCUT2D eigenvalue weighted by molar-refractivity contribution is 0.122. The molecule has 3 aromatic heterocycles. The van der Waals surface area contributed by atoms with Gasteiger partial charge in [0.15, 0.2) is 5.13 Å². The quantitative estimate of drug-likeness (QED) is 0.313. The molecule has 1 aromatic carbocycles. The molecule has 2 unspecified atom stereocenters. The number of benzene rings is 1. The molecule has 5 rings (SSSR count). The number of H-pyrrole nitrogens is 1. The van der Waals surface area contributed by atoms with E-state index in [4.69, 9.17) is 0 Å². The summed E-state index contributed by atoms with van der Waals surface area (Å²) in [5.41, 5.74) is 4.52. The fourth-order valence-corrected chi connectivity index (χ4v) is 4.40. The van der Waals surface area contributed by atoms with Crippen LogP contribution in [-0.4, -0.2) is 44.4 Å². The van der Waals surface area contributed by atoms with Crippen LogP contribution >= 0.6 is 11.3 Å². The van der Waals surface area contributed by atoms with Crippen LogP contribution < -0.4 is 16.0 Å². The van der Waals surface area contributed by atoms with E-state index in [0.29, 0.717) is 5.69 Å². The molecule has 1 aliphatic rings. The molecule has 0 aliphatic carbocycles. The average Bonchev–Trinajstić information content (AvgIpc) is 3.49. The molecule has 148 valence electrons. The Morgan fingerprint density at radius 3 is 3.00 bits per heavy atom. The third-order valence-corrected chi connectivity index (χ3v) is 5.92. The van der Waals surface area contributed by atoms with Gasteiger partial charge in [-0.15, -0.1) is 0 Å². The Bertz CT molecular complexity index is 1110. The van der Waals surface area contributed by atoms with Crippen molar-refractivity contribution < 1.29 is 5.11 Å². The molecule has 1 fully saturated rings. The highest BCUT2D eigenvalue weighted by Gasteiger charge is 2.19. The molecule has 0 radical (unpaired) electrons. The Morgan fingerprint density at radius 1 is 1.21 bits per heavy atom. The molecule has 29 heavy (non-hydrogen) atoms. The van der Waals surface area contributed by atoms with Gasteiger partial charge in [-0.3, -0.25) is 15.4 Å². The zero-order valence-corrected chi connectivity index (χ0v) is 16.4. The number of hydrogen-bond donors (Lipinski definition) is 5. The van der Waals surface area contributed by atoms with E-state index in [1.165, 1.54) is 0 Å². The molecular formula is C20H21N7OS. The third-order valence-electron chi connectivity index (χ3n) is 4.99. The largest absolute Gasteiger partial charge is 0.373 e. The summed E-state index contributed by atoms with van der Waals surface area (Å²) in [5.74, 6) is 0. The number of aliphatic hydroxyl groups excluding tert-OH is 1. The highest BCUT2D eigenvalue weighted by molar-refractivity contribution is 7.22. The maximum atomic E-state index is 10.5. The Kier molecular flexibility index (Phi) is 4.94. The summed E-state index contributed by atoms with van der Waals surface area (Å²) in [6.45, 7) is 1.83. The first kappa shape index (κ1) is 18.2. The monoisotopic (exact) mass is 407 g/mol. The Hall–Kier alpha value is -2.85. The van der Waals surface area contributed by atoms with E-state index < -0.39 is 6.23 Å². The van der Waals surface area contributed by atoms with Gasteiger partial charge in [-0.25, -0.2) is 4.98 Å². The number of hydrogen-bond acceptors (Lipinski definition) is 8. The number of aromatic nitrogens is 4. The van der Waals surface area contributed by atoms with Crippen molar-refractivity contribution in [1.29, 1.82) is 0 Å². The van der Waals surface area contributed by atoms with Crippen molar-refractivity contribution in [2.75, 3.05) is 18.4 Å². The van der Waals surface area contributed by atoms with Gasteiger partial charge >= 0.3 is 0 Å². The van der Waals surface area contributed by atoms with E-state index in [1.807, 2.05) is 30.5 Å². The predicted molar refractivity (Wildman–Crippen MR) is 114 cm³/mol. The average molecular weight is 408 g/mol. The summed E-state index contributed by atoms with van der Waals surface area (Å²) < 4.78 is 1.09. The van der Waals surface area contributed by atoms with Crippen LogP contribution in [0.25, 0.3) is 21.3 Å². The Labute approximate surface area is 171 Å². The molecule has 2 atom stereocenters. The summed E-state index contributed by atoms with van der Waals surface area (Å²) in [5, 5.41) is 27.9. The first-order valence-corrected chi connectivity index (χ1v) is 10.3. The number of anilines is 2. The molecule has 0 saturated carbocycles. The van der Waals surface area contributed by atoms with Crippen molar-refractivity contribution in [3.8, 4) is 11.1 Å². The lowest BCUT2D eigenvalue weighted by Crippen LogP contribution is -2.34. The van der Waals surface area contributed by atoms with Crippen molar-refractivity contribution in [3.05, 3.63) is 54.6 Å². The standard InChI is InChI=1S/C20H21N7OS/c28-19(25-15-3-5-21-11-15)17-8-14(4-6-22-17)26-20-27-16-2-1-12(7-18(16)29-20)13-9-23-24-10-13/h1-2,4,6-10,15,19,21,25,28H,3,5,11H2,(H,23,24)(H,22,26,27). The second-order valence-corrected chi connectivity index (χ2v) is 8.07. The molecule has 0 spiro atoms. The second kappa shape index (κ2) is 7.88. The smallest absolute Gasteiger partial charge is 0.188 e. The lowest BCUT2D eigenvalue weighted by Gasteiger charge is -2.17. The molecule has 4 heterocycles. The summed E-state index contributed by atoms with van der Waals surface area (Å²) in [7, 11) is 0. The Balaban J connectivity index is 1.33. The van der Waals surface area contributed by atoms with Gasteiger partial charge in [-0.05, 0) is 42.8 Å². The normalized spacial score (nSPS) is 17.6. The van der Waals surface area contributed by atoms with Crippen LogP contribution in [0, 0.1) is 0 Å². The van der Waals surface area contributed by atoms with Gasteiger partial charge in [0.25, 0.3) is 0 Å². The van der Waals surface area contributed by atoms with Crippen LogP contribution in [0.5, 0.6) is 0 Å². The number of nitrogens with one attached hydrogen (secondary N) is 4. The summed E-state index contributed by atoms with van der Waals surface area (Å²) in [6, 6.07) is 10.2. The summed E-state index contributed by atoms with van der Waals surface area (Å²) >= 11 is 1.58. The molecule has 5 N–H and O–H groups in total. The maximum absolute atomic E-state index is 10.5. The number of aromatic amines is 1. The van der Waals surface area contributed by atoms with Gasteiger partial charge < -0.3 is 15.7 Å². The number of thiazole rings is 1. The third kappa shape index (κ3) is 3.99. The number of fused-ring (bicyclic) bond motifs is 1. The SMILES string of the molecule is OC(NC1CCNC1)c1cc(Nc2nc3ccc(-c4cn[nH]c4)cc3s2)ccn1. The molecular weight excluding hydrogens is 386 g/mol. The number of pyridine rings is 1. The predicted octanol–water partition coefficient (Wildman–Crippen LogP) is 2.77. The first-order valence-electron chi connectivity index (χ1n) is 9.52. The van der Waals surface area contributed by atoms with E-state index in [-0.39, 0.29) is 6.04 Å². The molecule has 8 nitrogen and oxygen atoms in total. The molecule has 0 amide bonds. The summed E-state index contributed by atoms with van der Waals surface area (Å²) in [6.07, 6.45) is 5.58. The minimum atomic E-state index is -0.797. The highest BCUT2D eigenvalue weighted by atomic mass is 32.1. The van der Waals surface area contributed by atoms with Gasteiger partial charge in [-0.1, -0.05) is 17.4 Å². The maximum Gasteiger partial charge on any atom is 0.188 e. The fraction of sp³-hybridized carbons (Fsp3) is 0.250. The fourth-order valence-electron chi connectivity index (χ4n) is 3.47. The molecule has 0 bridgehead atoms. The van der Waals surface area contributed by atoms with Gasteiger partial charge in [0, 0.05) is 36.2 Å². The molecule has 1 aliphatic heterocycles. The second-order valence-electron chi connectivity index (χ2n) is 7.04. The highest BCUT2D eigenvalue weighted by Crippen LogP contribution is 2.32. The van der Waals surface area contributed by atoms with Crippen molar-refractivity contribution >= 4 is 32.4 Å². The van der Waals surface area contributed by atoms with Gasteiger partial charge in [0.2, 0.25) is 0 Å². The van der Waals surface area contributed by atoms with Crippen molar-refractivity contribution in [2.24, 2.45) is 0 Å². The van der Waals surface area contributed by atoms with Crippen LogP contribution in [-0.2, 0) is 0 Å². The van der Waals surface area contributed by atoms with Crippen LogP contribution in [0.2, 0.25) is 0 Å². The minimum Gasteiger partial charge on any atom is -0.373 e.